The molecule has 4 aromatic rings. The first-order valence-electron chi connectivity index (χ1n) is 8.16. The number of para-hydroxylation sites is 1. The molecule has 2 heterocycles. The van der Waals surface area contributed by atoms with Crippen LogP contribution in [-0.4, -0.2) is 28.4 Å². The molecule has 0 aliphatic rings. The number of thiazole rings is 1. The third-order valence-corrected chi connectivity index (χ3v) is 5.56. The zero-order chi connectivity index (χ0) is 19.8. The molecule has 0 radical (unpaired) electrons. The van der Waals surface area contributed by atoms with Crippen LogP contribution in [0.5, 0.6) is 0 Å². The van der Waals surface area contributed by atoms with Crippen LogP contribution < -0.4 is 10.9 Å². The summed E-state index contributed by atoms with van der Waals surface area (Å²) >= 11 is 6.51. The molecule has 0 atom stereocenters. The summed E-state index contributed by atoms with van der Waals surface area (Å²) in [4.78, 5) is 40.2. The molecular formula is C19H13N3O4S2. The van der Waals surface area contributed by atoms with Crippen molar-refractivity contribution in [3.63, 3.8) is 0 Å². The summed E-state index contributed by atoms with van der Waals surface area (Å²) in [6, 6.07) is 13.5. The first-order chi connectivity index (χ1) is 13.5. The molecule has 2 N–H and O–H groups in total. The molecule has 1 amide bonds. The Hall–Kier alpha value is -3.30. The molecule has 0 bridgehead atoms. The molecule has 0 unspecified atom stereocenters. The summed E-state index contributed by atoms with van der Waals surface area (Å²) in [6.45, 7) is 0. The number of nitrogens with one attached hydrogen (secondary N) is 2. The third-order valence-electron chi connectivity index (χ3n) is 4.18. The van der Waals surface area contributed by atoms with Crippen molar-refractivity contribution >= 4 is 57.7 Å². The van der Waals surface area contributed by atoms with Gasteiger partial charge in [-0.2, -0.15) is 0 Å². The summed E-state index contributed by atoms with van der Waals surface area (Å²) in [5, 5.41) is 3.14. The maximum Gasteiger partial charge on any atom is 0.337 e. The van der Waals surface area contributed by atoms with Gasteiger partial charge in [0.05, 0.1) is 23.6 Å². The number of hydrogen-bond donors (Lipinski definition) is 2. The van der Waals surface area contributed by atoms with Crippen LogP contribution in [0.4, 0.5) is 5.69 Å². The van der Waals surface area contributed by atoms with E-state index in [-0.39, 0.29) is 27.6 Å². The highest BCUT2D eigenvalue weighted by Gasteiger charge is 2.19. The number of anilines is 1. The van der Waals surface area contributed by atoms with E-state index in [9.17, 15) is 14.4 Å². The second-order valence-electron chi connectivity index (χ2n) is 5.88. The third kappa shape index (κ3) is 3.00. The second kappa shape index (κ2) is 7.02. The zero-order valence-electron chi connectivity index (χ0n) is 14.5. The average Bonchev–Trinajstić information content (AvgIpc) is 3.04. The van der Waals surface area contributed by atoms with Crippen molar-refractivity contribution in [2.45, 2.75) is 0 Å². The van der Waals surface area contributed by atoms with E-state index in [0.29, 0.717) is 20.5 Å². The van der Waals surface area contributed by atoms with E-state index in [0.717, 1.165) is 11.3 Å². The van der Waals surface area contributed by atoms with Crippen LogP contribution in [-0.2, 0) is 4.74 Å². The number of esters is 1. The number of aromatic amines is 1. The molecule has 2 aromatic carbocycles. The minimum atomic E-state index is -0.529. The molecule has 0 saturated carbocycles. The predicted molar refractivity (Wildman–Crippen MR) is 110 cm³/mol. The Balaban J connectivity index is 1.93. The zero-order valence-corrected chi connectivity index (χ0v) is 16.1. The van der Waals surface area contributed by atoms with Crippen molar-refractivity contribution in [3.8, 4) is 0 Å². The van der Waals surface area contributed by atoms with Crippen LogP contribution >= 0.6 is 23.6 Å². The number of aromatic nitrogens is 2. The average molecular weight is 411 g/mol. The van der Waals surface area contributed by atoms with Gasteiger partial charge in [-0.1, -0.05) is 29.5 Å². The number of fused-ring (bicyclic) bond motifs is 3. The Labute approximate surface area is 167 Å². The fourth-order valence-corrected chi connectivity index (χ4v) is 4.18. The van der Waals surface area contributed by atoms with Crippen molar-refractivity contribution in [2.75, 3.05) is 12.4 Å². The van der Waals surface area contributed by atoms with Gasteiger partial charge >= 0.3 is 5.97 Å². The Bertz CT molecular complexity index is 1350. The van der Waals surface area contributed by atoms with E-state index in [1.165, 1.54) is 25.3 Å². The summed E-state index contributed by atoms with van der Waals surface area (Å²) in [5.74, 6) is -0.914. The van der Waals surface area contributed by atoms with Crippen LogP contribution in [0.25, 0.3) is 16.6 Å². The number of nitrogens with zero attached hydrogens (tertiary/aromatic N) is 1. The fraction of sp³-hybridized carbons (Fsp3) is 0.0526. The van der Waals surface area contributed by atoms with Gasteiger partial charge in [0.1, 0.15) is 10.5 Å². The van der Waals surface area contributed by atoms with Gasteiger partial charge in [0, 0.05) is 5.69 Å². The summed E-state index contributed by atoms with van der Waals surface area (Å²) in [6.07, 6.45) is 0. The maximum absolute atomic E-state index is 12.8. The monoisotopic (exact) mass is 411 g/mol. The number of rotatable bonds is 3. The van der Waals surface area contributed by atoms with Gasteiger partial charge in [0.2, 0.25) is 0 Å². The van der Waals surface area contributed by atoms with Gasteiger partial charge in [-0.05, 0) is 42.5 Å². The summed E-state index contributed by atoms with van der Waals surface area (Å²) in [5.41, 5.74) is 1.24. The van der Waals surface area contributed by atoms with E-state index >= 15 is 0 Å². The van der Waals surface area contributed by atoms with Crippen molar-refractivity contribution in [3.05, 3.63) is 73.3 Å². The fourth-order valence-electron chi connectivity index (χ4n) is 2.90. The molecule has 2 aromatic heterocycles. The lowest BCUT2D eigenvalue weighted by molar-refractivity contribution is 0.0600. The summed E-state index contributed by atoms with van der Waals surface area (Å²) in [7, 11) is 1.28. The SMILES string of the molecule is COC(=O)c1ccc2c(=O)[nH]c3c(C(=O)Nc4ccccc4)sc(=S)n3c2c1. The van der Waals surface area contributed by atoms with Gasteiger partial charge < -0.3 is 15.0 Å². The Morgan fingerprint density at radius 2 is 1.93 bits per heavy atom. The Morgan fingerprint density at radius 1 is 1.18 bits per heavy atom. The largest absolute Gasteiger partial charge is 0.465 e. The molecule has 4 rings (SSSR count). The van der Waals surface area contributed by atoms with E-state index in [2.05, 4.69) is 10.3 Å². The van der Waals surface area contributed by atoms with Gasteiger partial charge in [-0.3, -0.25) is 14.0 Å². The number of amides is 1. The molecule has 0 fully saturated rings. The van der Waals surface area contributed by atoms with Crippen LogP contribution in [0.1, 0.15) is 20.0 Å². The highest BCUT2D eigenvalue weighted by atomic mass is 32.1. The molecular weight excluding hydrogens is 398 g/mol. The lowest BCUT2D eigenvalue weighted by Crippen LogP contribution is -2.15. The quantitative estimate of drug-likeness (QED) is 0.397. The Morgan fingerprint density at radius 3 is 2.64 bits per heavy atom. The molecule has 28 heavy (non-hydrogen) atoms. The van der Waals surface area contributed by atoms with Crippen molar-refractivity contribution in [2.24, 2.45) is 0 Å². The molecule has 9 heteroatoms. The highest BCUT2D eigenvalue weighted by Crippen LogP contribution is 2.24. The standard InChI is InChI=1S/C19H13N3O4S2/c1-26-18(25)10-7-8-12-13(9-10)22-15(21-16(12)23)14(28-19(22)27)17(24)20-11-5-3-2-4-6-11/h2-9H,1H3,(H,20,24)(H,21,23). The molecule has 7 nitrogen and oxygen atoms in total. The minimum Gasteiger partial charge on any atom is -0.465 e. The van der Waals surface area contributed by atoms with Crippen molar-refractivity contribution < 1.29 is 14.3 Å². The van der Waals surface area contributed by atoms with Crippen molar-refractivity contribution in [1.29, 1.82) is 0 Å². The molecule has 0 aliphatic heterocycles. The summed E-state index contributed by atoms with van der Waals surface area (Å²) < 4.78 is 6.70. The van der Waals surface area contributed by atoms with E-state index in [1.807, 2.05) is 6.07 Å². The molecule has 0 saturated heterocycles. The van der Waals surface area contributed by atoms with Crippen LogP contribution in [0, 0.1) is 3.95 Å². The number of methoxy groups -OCH3 is 1. The number of H-pyrrole nitrogens is 1. The van der Waals surface area contributed by atoms with Gasteiger partial charge in [-0.15, -0.1) is 0 Å². The van der Waals surface area contributed by atoms with E-state index in [1.54, 1.807) is 28.7 Å². The number of hydrogen-bond acceptors (Lipinski definition) is 6. The highest BCUT2D eigenvalue weighted by molar-refractivity contribution is 7.73. The Kier molecular flexibility index (Phi) is 4.54. The van der Waals surface area contributed by atoms with E-state index < -0.39 is 5.97 Å². The van der Waals surface area contributed by atoms with Crippen LogP contribution in [0.15, 0.2) is 53.3 Å². The van der Waals surface area contributed by atoms with Gasteiger partial charge in [0.15, 0.2) is 3.95 Å². The van der Waals surface area contributed by atoms with Crippen molar-refractivity contribution in [1.82, 2.24) is 9.38 Å². The van der Waals surface area contributed by atoms with E-state index in [4.69, 9.17) is 17.0 Å². The number of carbonyl (C=O) groups is 2. The number of ether oxygens (including phenoxy) is 1. The number of benzene rings is 2. The normalized spacial score (nSPS) is 10.9. The van der Waals surface area contributed by atoms with Crippen LogP contribution in [0.2, 0.25) is 0 Å². The van der Waals surface area contributed by atoms with Gasteiger partial charge in [-0.25, -0.2) is 4.79 Å². The first-order valence-corrected chi connectivity index (χ1v) is 9.38. The molecule has 0 aliphatic carbocycles. The predicted octanol–water partition coefficient (Wildman–Crippen LogP) is 3.61. The lowest BCUT2D eigenvalue weighted by atomic mass is 10.1. The topological polar surface area (TPSA) is 92.7 Å². The minimum absolute atomic E-state index is 0.274. The first kappa shape index (κ1) is 18.1. The van der Waals surface area contributed by atoms with Gasteiger partial charge in [0.25, 0.3) is 11.5 Å². The number of carbonyl (C=O) groups excluding carboxylic acids is 2. The lowest BCUT2D eigenvalue weighted by Gasteiger charge is -2.06. The molecule has 140 valence electrons. The van der Waals surface area contributed by atoms with Crippen LogP contribution in [0.3, 0.4) is 0 Å². The molecule has 0 spiro atoms. The smallest absolute Gasteiger partial charge is 0.337 e. The second-order valence-corrected chi connectivity index (χ2v) is 7.52. The maximum atomic E-state index is 12.8.